The van der Waals surface area contributed by atoms with E-state index in [0.717, 1.165) is 6.54 Å². The molecule has 0 atom stereocenters. The fourth-order valence-electron chi connectivity index (χ4n) is 1.64. The molecule has 2 rings (SSSR count). The van der Waals surface area contributed by atoms with Crippen molar-refractivity contribution in [3.05, 3.63) is 48.4 Å². The van der Waals surface area contributed by atoms with Crippen molar-refractivity contribution in [2.24, 2.45) is 0 Å². The SMILES string of the molecule is C[N+](C)=CN1C=CC(c2cccnc2)=CC1.F[P-](F)(F)(F)(F)F. The van der Waals surface area contributed by atoms with Gasteiger partial charge in [-0.3, -0.25) is 9.56 Å². The molecule has 2 heterocycles. The van der Waals surface area contributed by atoms with Gasteiger partial charge in [0.1, 0.15) is 6.54 Å². The molecular weight excluding hydrogens is 343 g/mol. The third kappa shape index (κ3) is 11.3. The van der Waals surface area contributed by atoms with E-state index in [0.29, 0.717) is 0 Å². The molecule has 23 heavy (non-hydrogen) atoms. The number of halogens is 6. The molecule has 1 aromatic heterocycles. The molecule has 1 aliphatic heterocycles. The first-order valence-electron chi connectivity index (χ1n) is 6.33. The molecule has 0 aliphatic carbocycles. The van der Waals surface area contributed by atoms with Crippen LogP contribution in [-0.4, -0.2) is 41.4 Å². The molecule has 0 saturated carbocycles. The second-order valence-corrected chi connectivity index (χ2v) is 6.87. The Morgan fingerprint density at radius 1 is 1.17 bits per heavy atom. The molecule has 0 unspecified atom stereocenters. The van der Waals surface area contributed by atoms with Crippen LogP contribution in [0.2, 0.25) is 0 Å². The van der Waals surface area contributed by atoms with E-state index < -0.39 is 7.81 Å². The summed E-state index contributed by atoms with van der Waals surface area (Å²) in [7, 11) is -6.61. The van der Waals surface area contributed by atoms with Crippen molar-refractivity contribution >= 4 is 19.7 Å². The average Bonchev–Trinajstić information content (AvgIpc) is 2.36. The Hall–Kier alpha value is -1.89. The van der Waals surface area contributed by atoms with Crippen LogP contribution in [0.15, 0.2) is 42.9 Å². The van der Waals surface area contributed by atoms with Gasteiger partial charge in [-0.15, -0.1) is 0 Å². The van der Waals surface area contributed by atoms with Gasteiger partial charge in [0.25, 0.3) is 0 Å². The fourth-order valence-corrected chi connectivity index (χ4v) is 1.64. The Kier molecular flexibility index (Phi) is 4.96. The molecule has 0 aromatic carbocycles. The van der Waals surface area contributed by atoms with E-state index in [2.05, 4.69) is 40.6 Å². The molecule has 0 bridgehead atoms. The molecule has 130 valence electrons. The van der Waals surface area contributed by atoms with Crippen LogP contribution < -0.4 is 0 Å². The van der Waals surface area contributed by atoms with Gasteiger partial charge in [-0.25, -0.2) is 4.90 Å². The summed E-state index contributed by atoms with van der Waals surface area (Å²) in [4.78, 5) is 6.26. The second kappa shape index (κ2) is 5.96. The van der Waals surface area contributed by atoms with E-state index in [9.17, 15) is 25.2 Å². The van der Waals surface area contributed by atoms with E-state index in [1.165, 1.54) is 11.1 Å². The molecule has 3 nitrogen and oxygen atoms in total. The number of aromatic nitrogens is 1. The standard InChI is InChI=1S/C13H16N3.F6P/c1-15(2)11-16-8-5-12(6-9-16)13-4-3-7-14-10-13;1-7(2,3,4,5)6/h3-8,10-11H,9H2,1-2H3;/q+1;-1. The third-order valence-corrected chi connectivity index (χ3v) is 2.34. The minimum absolute atomic E-state index is 0.902. The van der Waals surface area contributed by atoms with E-state index in [-0.39, 0.29) is 0 Å². The maximum atomic E-state index is 9.87. The van der Waals surface area contributed by atoms with Gasteiger partial charge in [-0.2, -0.15) is 0 Å². The minimum atomic E-state index is -10.7. The van der Waals surface area contributed by atoms with Crippen LogP contribution in [0.1, 0.15) is 5.56 Å². The van der Waals surface area contributed by atoms with Crippen LogP contribution in [0.25, 0.3) is 5.57 Å². The zero-order chi connectivity index (χ0) is 17.8. The van der Waals surface area contributed by atoms with Gasteiger partial charge in [0, 0.05) is 12.4 Å². The normalized spacial score (nSPS) is 17.2. The van der Waals surface area contributed by atoms with Gasteiger partial charge in [0.2, 0.25) is 6.34 Å². The zero-order valence-corrected chi connectivity index (χ0v) is 13.3. The molecule has 10 heteroatoms. The summed E-state index contributed by atoms with van der Waals surface area (Å²) in [5.74, 6) is 0. The number of nitrogens with zero attached hydrogens (tertiary/aromatic N) is 3. The van der Waals surface area contributed by atoms with Gasteiger partial charge < -0.3 is 0 Å². The Morgan fingerprint density at radius 2 is 1.78 bits per heavy atom. The van der Waals surface area contributed by atoms with E-state index in [4.69, 9.17) is 0 Å². The molecule has 0 fully saturated rings. The van der Waals surface area contributed by atoms with Crippen LogP contribution in [0.3, 0.4) is 0 Å². The molecule has 0 radical (unpaired) electrons. The van der Waals surface area contributed by atoms with Crippen molar-refractivity contribution in [3.8, 4) is 0 Å². The molecule has 0 spiro atoms. The summed E-state index contributed by atoms with van der Waals surface area (Å²) in [5.41, 5.74) is 2.40. The Bertz CT molecular complexity index is 619. The first-order chi connectivity index (χ1) is 10.2. The first kappa shape index (κ1) is 19.2. The molecular formula is C13H16F6N3P. The molecule has 1 aliphatic rings. The molecule has 0 saturated heterocycles. The fraction of sp³-hybridized carbons (Fsp3) is 0.231. The van der Waals surface area contributed by atoms with Crippen LogP contribution in [0, 0.1) is 0 Å². The van der Waals surface area contributed by atoms with Crippen LogP contribution in [0.5, 0.6) is 0 Å². The van der Waals surface area contributed by atoms with E-state index in [1.54, 1.807) is 6.20 Å². The van der Waals surface area contributed by atoms with Crippen molar-refractivity contribution in [1.82, 2.24) is 9.88 Å². The predicted molar refractivity (Wildman–Crippen MR) is 79.8 cm³/mol. The third-order valence-electron chi connectivity index (χ3n) is 2.34. The number of hydrogen-bond donors (Lipinski definition) is 0. The van der Waals surface area contributed by atoms with Crippen molar-refractivity contribution < 1.29 is 29.8 Å². The van der Waals surface area contributed by atoms with E-state index >= 15 is 0 Å². The molecule has 0 N–H and O–H groups in total. The van der Waals surface area contributed by atoms with Crippen molar-refractivity contribution in [2.75, 3.05) is 20.6 Å². The summed E-state index contributed by atoms with van der Waals surface area (Å²) in [6.07, 6.45) is 12.1. The van der Waals surface area contributed by atoms with Gasteiger partial charge in [0.15, 0.2) is 0 Å². The first-order valence-corrected chi connectivity index (χ1v) is 8.36. The van der Waals surface area contributed by atoms with E-state index in [1.807, 2.05) is 30.9 Å². The summed E-state index contributed by atoms with van der Waals surface area (Å²) in [6.45, 7) is 0.902. The van der Waals surface area contributed by atoms with Gasteiger partial charge >= 0.3 is 33.0 Å². The zero-order valence-electron chi connectivity index (χ0n) is 12.4. The van der Waals surface area contributed by atoms with Gasteiger partial charge in [-0.05, 0) is 29.4 Å². The summed E-state index contributed by atoms with van der Waals surface area (Å²) >= 11 is 0. The van der Waals surface area contributed by atoms with Crippen molar-refractivity contribution in [1.29, 1.82) is 0 Å². The number of hydrogen-bond acceptors (Lipinski definition) is 1. The van der Waals surface area contributed by atoms with Crippen LogP contribution >= 0.6 is 7.81 Å². The summed E-state index contributed by atoms with van der Waals surface area (Å²) in [6, 6.07) is 4.04. The van der Waals surface area contributed by atoms with Gasteiger partial charge in [0.05, 0.1) is 20.3 Å². The second-order valence-electron chi connectivity index (χ2n) is 4.95. The van der Waals surface area contributed by atoms with Crippen LogP contribution in [-0.2, 0) is 0 Å². The number of rotatable bonds is 2. The van der Waals surface area contributed by atoms with Gasteiger partial charge in [-0.1, -0.05) is 6.07 Å². The Labute approximate surface area is 129 Å². The Balaban J connectivity index is 0.000000322. The number of pyridine rings is 1. The molecule has 1 aromatic rings. The number of allylic oxidation sites excluding steroid dienone is 2. The van der Waals surface area contributed by atoms with Crippen molar-refractivity contribution in [3.63, 3.8) is 0 Å². The van der Waals surface area contributed by atoms with Crippen molar-refractivity contribution in [2.45, 2.75) is 0 Å². The van der Waals surface area contributed by atoms with Crippen LogP contribution in [0.4, 0.5) is 25.2 Å². The predicted octanol–water partition coefficient (Wildman–Crippen LogP) is 4.98. The monoisotopic (exact) mass is 359 g/mol. The topological polar surface area (TPSA) is 19.1 Å². The quantitative estimate of drug-likeness (QED) is 0.244. The molecule has 0 amide bonds. The summed E-state index contributed by atoms with van der Waals surface area (Å²) < 4.78 is 61.2. The average molecular weight is 359 g/mol. The Morgan fingerprint density at radius 3 is 2.17 bits per heavy atom. The maximum absolute atomic E-state index is 10.7. The summed E-state index contributed by atoms with van der Waals surface area (Å²) in [5, 5.41) is 0.